The maximum Gasteiger partial charge on any atom is 0.343 e. The lowest BCUT2D eigenvalue weighted by Gasteiger charge is -2.16. The van der Waals surface area contributed by atoms with Gasteiger partial charge in [-0.05, 0) is 82.1 Å². The average molecular weight is 543 g/mol. The molecule has 0 heterocycles. The molecule has 0 saturated carbocycles. The molecule has 3 aromatic rings. The number of hydrogen-bond donors (Lipinski definition) is 0. The van der Waals surface area contributed by atoms with Crippen LogP contribution in [0.15, 0.2) is 91.0 Å². The number of hydrogen-bond acceptors (Lipinski definition) is 8. The van der Waals surface area contributed by atoms with E-state index in [4.69, 9.17) is 18.9 Å². The molecule has 0 aliphatic carbocycles. The Bertz CT molecular complexity index is 1470. The van der Waals surface area contributed by atoms with E-state index in [0.717, 1.165) is 11.1 Å². The van der Waals surface area contributed by atoms with Crippen molar-refractivity contribution >= 4 is 23.9 Å². The van der Waals surface area contributed by atoms with Gasteiger partial charge < -0.3 is 18.9 Å². The summed E-state index contributed by atoms with van der Waals surface area (Å²) < 4.78 is 21.3. The molecule has 0 aliphatic heterocycles. The van der Waals surface area contributed by atoms with Crippen molar-refractivity contribution in [3.8, 4) is 34.1 Å². The number of esters is 4. The van der Waals surface area contributed by atoms with Gasteiger partial charge in [0.1, 0.15) is 11.5 Å². The van der Waals surface area contributed by atoms with Crippen molar-refractivity contribution < 1.29 is 38.1 Å². The molecule has 0 N–H and O–H groups in total. The van der Waals surface area contributed by atoms with Crippen LogP contribution in [-0.4, -0.2) is 23.9 Å². The molecule has 0 aromatic heterocycles. The zero-order valence-electron chi connectivity index (χ0n) is 23.0. The summed E-state index contributed by atoms with van der Waals surface area (Å²) >= 11 is 0. The number of benzene rings is 3. The molecule has 3 rings (SSSR count). The van der Waals surface area contributed by atoms with Gasteiger partial charge in [0.15, 0.2) is 11.5 Å². The van der Waals surface area contributed by atoms with Crippen molar-refractivity contribution in [2.24, 2.45) is 5.41 Å². The molecule has 0 fully saturated rings. The first-order chi connectivity index (χ1) is 18.7. The van der Waals surface area contributed by atoms with Gasteiger partial charge in [-0.2, -0.15) is 0 Å². The lowest BCUT2D eigenvalue weighted by Crippen LogP contribution is -2.25. The van der Waals surface area contributed by atoms with Crippen LogP contribution in [0.25, 0.3) is 11.1 Å². The van der Waals surface area contributed by atoms with Gasteiger partial charge in [-0.1, -0.05) is 37.4 Å². The van der Waals surface area contributed by atoms with E-state index in [-0.39, 0.29) is 39.9 Å². The van der Waals surface area contributed by atoms with Crippen molar-refractivity contribution in [1.29, 1.82) is 0 Å². The van der Waals surface area contributed by atoms with Gasteiger partial charge in [0.2, 0.25) is 0 Å². The van der Waals surface area contributed by atoms with E-state index in [1.54, 1.807) is 57.2 Å². The summed E-state index contributed by atoms with van der Waals surface area (Å²) in [5.41, 5.74) is 1.63. The van der Waals surface area contributed by atoms with Crippen LogP contribution in [0.4, 0.5) is 0 Å². The molecule has 0 aliphatic rings. The average Bonchev–Trinajstić information content (AvgIpc) is 2.89. The summed E-state index contributed by atoms with van der Waals surface area (Å²) in [6, 6.07) is 17.8. The number of carbonyl (C=O) groups is 4. The maximum absolute atomic E-state index is 12.8. The molecule has 0 atom stereocenters. The first-order valence-corrected chi connectivity index (χ1v) is 12.3. The fraction of sp³-hybridized carbons (Fsp3) is 0.188. The van der Waals surface area contributed by atoms with Crippen LogP contribution in [0, 0.1) is 5.41 Å². The molecule has 0 spiro atoms. The second-order valence-electron chi connectivity index (χ2n) is 10.1. The first kappa shape index (κ1) is 29.6. The zero-order chi connectivity index (χ0) is 29.6. The molecule has 8 nitrogen and oxygen atoms in total. The molecule has 206 valence electrons. The summed E-state index contributed by atoms with van der Waals surface area (Å²) in [4.78, 5) is 48.9. The van der Waals surface area contributed by atoms with Crippen LogP contribution in [0.5, 0.6) is 23.0 Å². The Labute approximate surface area is 232 Å². The monoisotopic (exact) mass is 542 g/mol. The highest BCUT2D eigenvalue weighted by Crippen LogP contribution is 2.33. The molecule has 0 bridgehead atoms. The van der Waals surface area contributed by atoms with Crippen molar-refractivity contribution in [2.75, 3.05) is 0 Å². The third kappa shape index (κ3) is 7.77. The zero-order valence-corrected chi connectivity index (χ0v) is 23.0. The number of carbonyl (C=O) groups excluding carboxylic acids is 4. The Kier molecular flexibility index (Phi) is 9.06. The molecule has 3 aromatic carbocycles. The van der Waals surface area contributed by atoms with Crippen LogP contribution >= 0.6 is 0 Å². The Morgan fingerprint density at radius 2 is 1.07 bits per heavy atom. The van der Waals surface area contributed by atoms with Gasteiger partial charge in [0.05, 0.1) is 11.0 Å². The van der Waals surface area contributed by atoms with Crippen molar-refractivity contribution in [1.82, 2.24) is 0 Å². The van der Waals surface area contributed by atoms with E-state index >= 15 is 0 Å². The van der Waals surface area contributed by atoms with E-state index in [9.17, 15) is 19.2 Å². The standard InChI is InChI=1S/C32H30O8/c1-19(2)28(33)39-26-17-16-25(18-27(26)40-29(34)20(3)4)37-30(35)23-10-8-21(9-11-23)22-12-14-24(15-13-22)38-31(36)32(5,6)7/h8-18H,1,3H2,2,4-7H3. The highest BCUT2D eigenvalue weighted by Gasteiger charge is 2.23. The number of ether oxygens (including phenoxy) is 4. The van der Waals surface area contributed by atoms with E-state index in [1.807, 2.05) is 12.1 Å². The number of rotatable bonds is 8. The smallest absolute Gasteiger partial charge is 0.343 e. The molecule has 0 amide bonds. The summed E-state index contributed by atoms with van der Waals surface area (Å²) in [6.07, 6.45) is 0. The Morgan fingerprint density at radius 3 is 1.57 bits per heavy atom. The third-order valence-corrected chi connectivity index (χ3v) is 5.36. The summed E-state index contributed by atoms with van der Waals surface area (Å²) in [7, 11) is 0. The molecule has 0 saturated heterocycles. The van der Waals surface area contributed by atoms with Gasteiger partial charge in [0, 0.05) is 17.2 Å². The van der Waals surface area contributed by atoms with Crippen molar-refractivity contribution in [3.63, 3.8) is 0 Å². The normalized spacial score (nSPS) is 10.7. The summed E-state index contributed by atoms with van der Waals surface area (Å²) in [6.45, 7) is 15.3. The first-order valence-electron chi connectivity index (χ1n) is 12.3. The highest BCUT2D eigenvalue weighted by atomic mass is 16.6. The third-order valence-electron chi connectivity index (χ3n) is 5.36. The summed E-state index contributed by atoms with van der Waals surface area (Å²) in [5, 5.41) is 0. The Balaban J connectivity index is 1.74. The van der Waals surface area contributed by atoms with E-state index in [1.165, 1.54) is 32.0 Å². The maximum atomic E-state index is 12.8. The molecule has 40 heavy (non-hydrogen) atoms. The topological polar surface area (TPSA) is 105 Å². The minimum atomic E-state index is -0.743. The largest absolute Gasteiger partial charge is 0.426 e. The highest BCUT2D eigenvalue weighted by molar-refractivity contribution is 5.93. The van der Waals surface area contributed by atoms with Gasteiger partial charge in [-0.25, -0.2) is 14.4 Å². The van der Waals surface area contributed by atoms with Gasteiger partial charge in [-0.15, -0.1) is 0 Å². The van der Waals surface area contributed by atoms with Crippen LogP contribution < -0.4 is 18.9 Å². The fourth-order valence-electron chi connectivity index (χ4n) is 3.03. The Hall–Kier alpha value is -4.98. The van der Waals surface area contributed by atoms with Gasteiger partial charge in [-0.3, -0.25) is 4.79 Å². The predicted molar refractivity (Wildman–Crippen MR) is 149 cm³/mol. The lowest BCUT2D eigenvalue weighted by molar-refractivity contribution is -0.143. The minimum Gasteiger partial charge on any atom is -0.426 e. The van der Waals surface area contributed by atoms with Crippen molar-refractivity contribution in [2.45, 2.75) is 34.6 Å². The van der Waals surface area contributed by atoms with Crippen LogP contribution in [0.2, 0.25) is 0 Å². The predicted octanol–water partition coefficient (Wildman–Crippen LogP) is 6.49. The van der Waals surface area contributed by atoms with E-state index in [0.29, 0.717) is 5.75 Å². The van der Waals surface area contributed by atoms with Gasteiger partial charge >= 0.3 is 23.9 Å². The molecular weight excluding hydrogens is 512 g/mol. The molecular formula is C32H30O8. The van der Waals surface area contributed by atoms with Crippen LogP contribution in [0.3, 0.4) is 0 Å². The summed E-state index contributed by atoms with van der Waals surface area (Å²) in [5.74, 6) is -2.10. The second-order valence-corrected chi connectivity index (χ2v) is 10.1. The Morgan fingerprint density at radius 1 is 0.600 bits per heavy atom. The fourth-order valence-corrected chi connectivity index (χ4v) is 3.03. The SMILES string of the molecule is C=C(C)C(=O)Oc1ccc(OC(=O)c2ccc(-c3ccc(OC(=O)C(C)(C)C)cc3)cc2)cc1OC(=O)C(=C)C. The minimum absolute atomic E-state index is 0.0501. The van der Waals surface area contributed by atoms with Crippen LogP contribution in [-0.2, 0) is 14.4 Å². The molecule has 0 unspecified atom stereocenters. The molecule has 8 heteroatoms. The quantitative estimate of drug-likeness (QED) is 0.181. The van der Waals surface area contributed by atoms with E-state index in [2.05, 4.69) is 13.2 Å². The second kappa shape index (κ2) is 12.3. The molecule has 0 radical (unpaired) electrons. The van der Waals surface area contributed by atoms with Crippen LogP contribution in [0.1, 0.15) is 45.0 Å². The van der Waals surface area contributed by atoms with E-state index < -0.39 is 23.3 Å². The van der Waals surface area contributed by atoms with Crippen molar-refractivity contribution in [3.05, 3.63) is 96.6 Å². The van der Waals surface area contributed by atoms with Gasteiger partial charge in [0.25, 0.3) is 0 Å². The lowest BCUT2D eigenvalue weighted by atomic mass is 9.97.